The molecule has 0 spiro atoms. The maximum Gasteiger partial charge on any atom is 0.339 e. The first-order valence-electron chi connectivity index (χ1n) is 6.97. The summed E-state index contributed by atoms with van der Waals surface area (Å²) in [4.78, 5) is 42.6. The van der Waals surface area contributed by atoms with E-state index in [4.69, 9.17) is 19.7 Å². The molecule has 0 radical (unpaired) electrons. The molecule has 0 aliphatic heterocycles. The van der Waals surface area contributed by atoms with E-state index in [1.54, 1.807) is 6.07 Å². The summed E-state index contributed by atoms with van der Waals surface area (Å²) in [6.07, 6.45) is 2.19. The Labute approximate surface area is 144 Å². The maximum atomic E-state index is 11.7. The van der Waals surface area contributed by atoms with Gasteiger partial charge < -0.3 is 19.7 Å². The van der Waals surface area contributed by atoms with Gasteiger partial charge in [0.1, 0.15) is 0 Å². The lowest BCUT2D eigenvalue weighted by molar-refractivity contribution is -0.138. The van der Waals surface area contributed by atoms with Crippen LogP contribution < -0.4 is 0 Å². The summed E-state index contributed by atoms with van der Waals surface area (Å²) >= 11 is 0. The summed E-state index contributed by atoms with van der Waals surface area (Å²) in [7, 11) is 0. The summed E-state index contributed by atoms with van der Waals surface area (Å²) in [5.74, 6) is -3.45. The summed E-state index contributed by atoms with van der Waals surface area (Å²) in [5, 5.41) is 16.5. The lowest BCUT2D eigenvalue weighted by atomic mass is 10.1. The average molecular weight is 350 g/mol. The van der Waals surface area contributed by atoms with Crippen LogP contribution in [0.25, 0.3) is 0 Å². The number of ether oxygens (including phenoxy) is 2. The van der Waals surface area contributed by atoms with E-state index in [9.17, 15) is 19.2 Å². The van der Waals surface area contributed by atoms with Gasteiger partial charge in [-0.2, -0.15) is 0 Å². The molecular weight excluding hydrogens is 332 g/mol. The van der Waals surface area contributed by atoms with Crippen LogP contribution in [0, 0.1) is 0 Å². The van der Waals surface area contributed by atoms with Gasteiger partial charge in [0, 0.05) is 18.6 Å². The highest BCUT2D eigenvalue weighted by Crippen LogP contribution is 2.10. The van der Waals surface area contributed by atoms with Gasteiger partial charge in [0.05, 0.1) is 24.3 Å². The highest BCUT2D eigenvalue weighted by Gasteiger charge is 2.16. The first-order valence-corrected chi connectivity index (χ1v) is 6.97. The zero-order chi connectivity index (χ0) is 19.2. The SMILES string of the molecule is C=CC(=O)O.C=CC(=O)OCCCOC(=O)c1ccccc1C(=O)O. The number of carboxylic acids is 2. The molecule has 0 bridgehead atoms. The highest BCUT2D eigenvalue weighted by atomic mass is 16.5. The molecule has 0 aromatic heterocycles. The summed E-state index contributed by atoms with van der Waals surface area (Å²) < 4.78 is 9.61. The molecular formula is C17H18O8. The Kier molecular flexibility index (Phi) is 10.4. The van der Waals surface area contributed by atoms with Crippen LogP contribution in [0.2, 0.25) is 0 Å². The standard InChI is InChI=1S/C14H14O6.C3H4O2/c1-2-12(15)19-8-5-9-20-14(18)11-7-4-3-6-10(11)13(16)17;1-2-3(4)5/h2-4,6-7H,1,5,8-9H2,(H,16,17);2H,1H2,(H,4,5). The second kappa shape index (κ2) is 12.1. The van der Waals surface area contributed by atoms with Crippen LogP contribution in [0.15, 0.2) is 49.6 Å². The largest absolute Gasteiger partial charge is 0.478 e. The number of benzene rings is 1. The van der Waals surface area contributed by atoms with Crippen molar-refractivity contribution in [3.8, 4) is 0 Å². The van der Waals surface area contributed by atoms with E-state index in [0.717, 1.165) is 12.2 Å². The van der Waals surface area contributed by atoms with Crippen molar-refractivity contribution >= 4 is 23.9 Å². The van der Waals surface area contributed by atoms with E-state index < -0.39 is 23.9 Å². The molecule has 0 aliphatic carbocycles. The number of hydrogen-bond acceptors (Lipinski definition) is 6. The fraction of sp³-hybridized carbons (Fsp3) is 0.176. The van der Waals surface area contributed by atoms with Crippen molar-refractivity contribution in [3.05, 3.63) is 60.7 Å². The van der Waals surface area contributed by atoms with Crippen molar-refractivity contribution in [1.82, 2.24) is 0 Å². The Morgan fingerprint density at radius 3 is 1.92 bits per heavy atom. The molecule has 0 unspecified atom stereocenters. The molecule has 25 heavy (non-hydrogen) atoms. The molecule has 1 rings (SSSR count). The van der Waals surface area contributed by atoms with Gasteiger partial charge in [-0.15, -0.1) is 0 Å². The Bertz CT molecular complexity index is 648. The molecule has 0 fully saturated rings. The van der Waals surface area contributed by atoms with Crippen LogP contribution in [0.3, 0.4) is 0 Å². The molecule has 0 saturated carbocycles. The first kappa shape index (κ1) is 21.6. The minimum atomic E-state index is -1.20. The van der Waals surface area contributed by atoms with E-state index >= 15 is 0 Å². The molecule has 8 heteroatoms. The summed E-state index contributed by atoms with van der Waals surface area (Å²) in [5.41, 5.74) is -0.126. The lowest BCUT2D eigenvalue weighted by Crippen LogP contribution is -2.13. The fourth-order valence-corrected chi connectivity index (χ4v) is 1.38. The topological polar surface area (TPSA) is 127 Å². The second-order valence-electron chi connectivity index (χ2n) is 4.25. The molecule has 0 atom stereocenters. The minimum absolute atomic E-state index is 0.0110. The third kappa shape index (κ3) is 9.34. The molecule has 1 aromatic rings. The smallest absolute Gasteiger partial charge is 0.339 e. The third-order valence-electron chi connectivity index (χ3n) is 2.48. The molecule has 8 nitrogen and oxygen atoms in total. The second-order valence-corrected chi connectivity index (χ2v) is 4.25. The summed E-state index contributed by atoms with van der Waals surface area (Å²) in [6, 6.07) is 5.78. The van der Waals surface area contributed by atoms with Crippen molar-refractivity contribution in [2.75, 3.05) is 13.2 Å². The van der Waals surface area contributed by atoms with Crippen LogP contribution in [0.4, 0.5) is 0 Å². The quantitative estimate of drug-likeness (QED) is 0.413. The van der Waals surface area contributed by atoms with Crippen molar-refractivity contribution in [3.63, 3.8) is 0 Å². The minimum Gasteiger partial charge on any atom is -0.478 e. The number of rotatable bonds is 8. The van der Waals surface area contributed by atoms with Gasteiger partial charge >= 0.3 is 23.9 Å². The molecule has 0 aliphatic rings. The number of aromatic carboxylic acids is 1. The van der Waals surface area contributed by atoms with Crippen LogP contribution in [0.5, 0.6) is 0 Å². The van der Waals surface area contributed by atoms with Gasteiger partial charge in [-0.05, 0) is 12.1 Å². The van der Waals surface area contributed by atoms with E-state index in [2.05, 4.69) is 13.2 Å². The van der Waals surface area contributed by atoms with E-state index in [1.807, 2.05) is 0 Å². The molecule has 0 saturated heterocycles. The lowest BCUT2D eigenvalue weighted by Gasteiger charge is -2.07. The molecule has 2 N–H and O–H groups in total. The van der Waals surface area contributed by atoms with Crippen molar-refractivity contribution in [1.29, 1.82) is 0 Å². The number of aliphatic carboxylic acids is 1. The van der Waals surface area contributed by atoms with Crippen LogP contribution in [-0.4, -0.2) is 47.3 Å². The Morgan fingerprint density at radius 1 is 0.920 bits per heavy atom. The van der Waals surface area contributed by atoms with E-state index in [-0.39, 0.29) is 24.3 Å². The van der Waals surface area contributed by atoms with E-state index in [1.165, 1.54) is 18.2 Å². The zero-order valence-electron chi connectivity index (χ0n) is 13.3. The zero-order valence-corrected chi connectivity index (χ0v) is 13.3. The van der Waals surface area contributed by atoms with Crippen LogP contribution in [0.1, 0.15) is 27.1 Å². The average Bonchev–Trinajstić information content (AvgIpc) is 2.61. The monoisotopic (exact) mass is 350 g/mol. The maximum absolute atomic E-state index is 11.7. The predicted octanol–water partition coefficient (Wildman–Crippen LogP) is 1.92. The van der Waals surface area contributed by atoms with Gasteiger partial charge in [-0.1, -0.05) is 25.3 Å². The number of carboxylic acid groups (broad SMARTS) is 2. The van der Waals surface area contributed by atoms with Crippen LogP contribution >= 0.6 is 0 Å². The predicted molar refractivity (Wildman–Crippen MR) is 87.3 cm³/mol. The van der Waals surface area contributed by atoms with Gasteiger partial charge in [0.2, 0.25) is 0 Å². The Hall–Kier alpha value is -3.42. The van der Waals surface area contributed by atoms with Crippen molar-refractivity contribution < 1.29 is 38.9 Å². The van der Waals surface area contributed by atoms with E-state index in [0.29, 0.717) is 6.42 Å². The van der Waals surface area contributed by atoms with Gasteiger partial charge in [-0.3, -0.25) is 0 Å². The number of carbonyl (C=O) groups is 4. The molecule has 0 amide bonds. The summed E-state index contributed by atoms with van der Waals surface area (Å²) in [6.45, 7) is 6.32. The Morgan fingerprint density at radius 2 is 1.44 bits per heavy atom. The normalized spacial score (nSPS) is 8.96. The van der Waals surface area contributed by atoms with Gasteiger partial charge in [-0.25, -0.2) is 19.2 Å². The number of carbonyl (C=O) groups excluding carboxylic acids is 2. The van der Waals surface area contributed by atoms with Gasteiger partial charge in [0.15, 0.2) is 0 Å². The van der Waals surface area contributed by atoms with Gasteiger partial charge in [0.25, 0.3) is 0 Å². The first-order chi connectivity index (χ1) is 11.8. The highest BCUT2D eigenvalue weighted by molar-refractivity contribution is 6.02. The number of esters is 2. The molecule has 134 valence electrons. The molecule has 1 aromatic carbocycles. The fourth-order valence-electron chi connectivity index (χ4n) is 1.38. The number of hydrogen-bond donors (Lipinski definition) is 2. The van der Waals surface area contributed by atoms with Crippen molar-refractivity contribution in [2.45, 2.75) is 6.42 Å². The Balaban J connectivity index is 0.00000101. The third-order valence-corrected chi connectivity index (χ3v) is 2.48. The van der Waals surface area contributed by atoms with Crippen molar-refractivity contribution in [2.24, 2.45) is 0 Å². The van der Waals surface area contributed by atoms with Crippen LogP contribution in [-0.2, 0) is 19.1 Å². The molecule has 0 heterocycles.